The fourth-order valence-electron chi connectivity index (χ4n) is 5.00. The van der Waals surface area contributed by atoms with E-state index in [0.29, 0.717) is 31.5 Å². The number of rotatable bonds is 9. The van der Waals surface area contributed by atoms with Crippen molar-refractivity contribution in [2.45, 2.75) is 72.1 Å². The van der Waals surface area contributed by atoms with Crippen molar-refractivity contribution in [2.75, 3.05) is 6.54 Å². The fraction of sp³-hybridized carbons (Fsp3) is 0.517. The summed E-state index contributed by atoms with van der Waals surface area (Å²) < 4.78 is 0. The molecule has 7 nitrogen and oxygen atoms in total. The van der Waals surface area contributed by atoms with Gasteiger partial charge in [-0.05, 0) is 36.3 Å². The van der Waals surface area contributed by atoms with E-state index in [2.05, 4.69) is 47.2 Å². The minimum absolute atomic E-state index is 0.0424. The number of nitrogens with zero attached hydrogens (tertiary/aromatic N) is 3. The molecule has 1 amide bonds. The van der Waals surface area contributed by atoms with Crippen molar-refractivity contribution < 1.29 is 14.7 Å². The first-order valence-electron chi connectivity index (χ1n) is 12.8. The van der Waals surface area contributed by atoms with Crippen molar-refractivity contribution in [3.8, 4) is 16.5 Å². The summed E-state index contributed by atoms with van der Waals surface area (Å²) in [5.74, 6) is -0.883. The molecule has 0 radical (unpaired) electrons. The van der Waals surface area contributed by atoms with Gasteiger partial charge in [0.15, 0.2) is 5.78 Å². The van der Waals surface area contributed by atoms with E-state index in [4.69, 9.17) is 0 Å². The number of aryl methyl sites for hydroxylation is 1. The number of hydrogen-bond acceptors (Lipinski definition) is 7. The molecule has 1 aromatic carbocycles. The Kier molecular flexibility index (Phi) is 7.59. The molecule has 0 bridgehead atoms. The first-order chi connectivity index (χ1) is 17.4. The van der Waals surface area contributed by atoms with Crippen LogP contribution in [0.2, 0.25) is 0 Å². The largest absolute Gasteiger partial charge is 0.391 e. The van der Waals surface area contributed by atoms with E-state index < -0.39 is 22.9 Å². The maximum Gasteiger partial charge on any atom is 0.227 e. The van der Waals surface area contributed by atoms with Gasteiger partial charge in [-0.2, -0.15) is 5.26 Å². The Balaban J connectivity index is 1.43. The number of nitrogens with one attached hydrogen (secondary N) is 1. The Morgan fingerprint density at radius 1 is 1.32 bits per heavy atom. The lowest BCUT2D eigenvalue weighted by Crippen LogP contribution is -2.47. The van der Waals surface area contributed by atoms with Crippen LogP contribution >= 0.6 is 11.3 Å². The van der Waals surface area contributed by atoms with Crippen LogP contribution in [0.4, 0.5) is 0 Å². The second-order valence-corrected chi connectivity index (χ2v) is 12.3. The van der Waals surface area contributed by atoms with Crippen LogP contribution in [-0.2, 0) is 16.1 Å². The van der Waals surface area contributed by atoms with Gasteiger partial charge < -0.3 is 15.3 Å². The third-order valence-electron chi connectivity index (χ3n) is 7.68. The molecule has 0 spiro atoms. The highest BCUT2D eigenvalue weighted by Gasteiger charge is 2.52. The number of carbonyl (C=O) groups excluding carboxylic acids is 2. The Bertz CT molecular complexity index is 1220. The lowest BCUT2D eigenvalue weighted by Gasteiger charge is -2.36. The van der Waals surface area contributed by atoms with Gasteiger partial charge in [0, 0.05) is 37.5 Å². The van der Waals surface area contributed by atoms with E-state index in [-0.39, 0.29) is 30.7 Å². The molecule has 1 aliphatic heterocycles. The predicted octanol–water partition coefficient (Wildman–Crippen LogP) is 4.61. The average Bonchev–Trinajstić information content (AvgIpc) is 3.40. The summed E-state index contributed by atoms with van der Waals surface area (Å²) in [7, 11) is 0. The molecular weight excluding hydrogens is 484 g/mol. The minimum atomic E-state index is -0.910. The maximum absolute atomic E-state index is 13.8. The molecule has 4 rings (SSSR count). The molecule has 2 heterocycles. The number of benzene rings is 1. The SMILES string of the molecule is C=C(NCc1ccc(-c2scnc2C)cc1)[C@@H]1C[C@@H](O)CN1C(=O)[C@@H](CC(=O)C1(C#N)CC1)C(C)(C)C. The second kappa shape index (κ2) is 10.4. The van der Waals surface area contributed by atoms with Gasteiger partial charge >= 0.3 is 0 Å². The van der Waals surface area contributed by atoms with Crippen molar-refractivity contribution in [2.24, 2.45) is 16.7 Å². The predicted molar refractivity (Wildman–Crippen MR) is 144 cm³/mol. The molecule has 1 saturated heterocycles. The van der Waals surface area contributed by atoms with E-state index in [1.165, 1.54) is 0 Å². The molecule has 1 aromatic heterocycles. The molecule has 2 N–H and O–H groups in total. The molecule has 0 unspecified atom stereocenters. The molecule has 196 valence electrons. The summed E-state index contributed by atoms with van der Waals surface area (Å²) >= 11 is 1.62. The molecule has 8 heteroatoms. The number of hydrogen-bond donors (Lipinski definition) is 2. The van der Waals surface area contributed by atoms with E-state index in [1.807, 2.05) is 33.2 Å². The Hall–Kier alpha value is -3.02. The van der Waals surface area contributed by atoms with Gasteiger partial charge in [0.1, 0.15) is 5.41 Å². The van der Waals surface area contributed by atoms with Gasteiger partial charge in [0.25, 0.3) is 0 Å². The normalized spacial score (nSPS) is 21.2. The van der Waals surface area contributed by atoms with Crippen molar-refractivity contribution in [1.29, 1.82) is 5.26 Å². The van der Waals surface area contributed by atoms with E-state index >= 15 is 0 Å². The van der Waals surface area contributed by atoms with Crippen LogP contribution in [0.3, 0.4) is 0 Å². The van der Waals surface area contributed by atoms with Crippen LogP contribution in [0, 0.1) is 35.0 Å². The van der Waals surface area contributed by atoms with Gasteiger partial charge in [-0.25, -0.2) is 4.98 Å². The van der Waals surface area contributed by atoms with Crippen LogP contribution < -0.4 is 5.32 Å². The zero-order valence-corrected chi connectivity index (χ0v) is 22.9. The van der Waals surface area contributed by atoms with Gasteiger partial charge in [0.05, 0.1) is 34.3 Å². The zero-order valence-electron chi connectivity index (χ0n) is 22.1. The number of amides is 1. The number of aliphatic hydroxyl groups excluding tert-OH is 1. The molecular formula is C29H36N4O3S. The average molecular weight is 521 g/mol. The second-order valence-electron chi connectivity index (χ2n) is 11.5. The quantitative estimate of drug-likeness (QED) is 0.500. The number of ketones is 1. The minimum Gasteiger partial charge on any atom is -0.391 e. The maximum atomic E-state index is 13.8. The molecule has 2 aliphatic rings. The van der Waals surface area contributed by atoms with Crippen LogP contribution in [0.5, 0.6) is 0 Å². The van der Waals surface area contributed by atoms with Gasteiger partial charge in [0.2, 0.25) is 5.91 Å². The Morgan fingerprint density at radius 2 is 2.00 bits per heavy atom. The van der Waals surface area contributed by atoms with E-state index in [1.54, 1.807) is 16.2 Å². The summed E-state index contributed by atoms with van der Waals surface area (Å²) in [6, 6.07) is 10.1. The number of aliphatic hydroxyl groups is 1. The lowest BCUT2D eigenvalue weighted by atomic mass is 9.75. The highest BCUT2D eigenvalue weighted by molar-refractivity contribution is 7.13. The van der Waals surface area contributed by atoms with Crippen molar-refractivity contribution in [1.82, 2.24) is 15.2 Å². The lowest BCUT2D eigenvalue weighted by molar-refractivity contribution is -0.143. The summed E-state index contributed by atoms with van der Waals surface area (Å²) in [4.78, 5) is 33.8. The highest BCUT2D eigenvalue weighted by Crippen LogP contribution is 2.48. The number of β-amino-alcohol motifs (C(OH)–C–C–N with tert-alkyl or cyclic N) is 1. The molecule has 37 heavy (non-hydrogen) atoms. The number of likely N-dealkylation sites (tertiary alicyclic amines) is 1. The number of thiazole rings is 1. The fourth-order valence-corrected chi connectivity index (χ4v) is 5.81. The first kappa shape index (κ1) is 27.0. The van der Waals surface area contributed by atoms with Crippen molar-refractivity contribution in [3.63, 3.8) is 0 Å². The molecule has 3 atom stereocenters. The Morgan fingerprint density at radius 3 is 2.54 bits per heavy atom. The number of aromatic nitrogens is 1. The number of nitriles is 1. The smallest absolute Gasteiger partial charge is 0.227 e. The molecule has 2 fully saturated rings. The van der Waals surface area contributed by atoms with Gasteiger partial charge in [-0.15, -0.1) is 11.3 Å². The summed E-state index contributed by atoms with van der Waals surface area (Å²) in [6.45, 7) is 12.8. The number of carbonyl (C=O) groups is 2. The third-order valence-corrected chi connectivity index (χ3v) is 8.65. The van der Waals surface area contributed by atoms with Gasteiger partial charge in [-0.3, -0.25) is 9.59 Å². The van der Waals surface area contributed by atoms with Crippen LogP contribution in [0.1, 0.15) is 57.7 Å². The summed E-state index contributed by atoms with van der Waals surface area (Å²) in [5.41, 5.74) is 4.36. The topological polar surface area (TPSA) is 106 Å². The highest BCUT2D eigenvalue weighted by atomic mass is 32.1. The van der Waals surface area contributed by atoms with Crippen molar-refractivity contribution in [3.05, 3.63) is 53.3 Å². The Labute approximate surface area is 223 Å². The number of Topliss-reactive ketones (excluding diaryl/α,β-unsaturated/α-hetero) is 1. The zero-order chi connectivity index (χ0) is 27.0. The standard InChI is InChI=1S/C29H36N4O3S/c1-18(31-14-20-6-8-21(9-7-20)26-19(2)32-17-37-26)24-12-22(34)15-33(24)27(36)23(28(3,4)5)13-25(35)29(16-30)10-11-29/h6-9,17,22-24,31,34H,1,10-15H2,2-5H3/t22-,23-,24+/m1/s1. The summed E-state index contributed by atoms with van der Waals surface area (Å²) in [6.07, 6.45) is 0.933. The molecule has 1 saturated carbocycles. The molecule has 2 aromatic rings. The van der Waals surface area contributed by atoms with Gasteiger partial charge in [-0.1, -0.05) is 51.6 Å². The third kappa shape index (κ3) is 5.78. The van der Waals surface area contributed by atoms with Crippen LogP contribution in [0.15, 0.2) is 42.1 Å². The first-order valence-corrected chi connectivity index (χ1v) is 13.7. The van der Waals surface area contributed by atoms with Crippen LogP contribution in [0.25, 0.3) is 10.4 Å². The van der Waals surface area contributed by atoms with E-state index in [9.17, 15) is 20.0 Å². The van der Waals surface area contributed by atoms with Crippen LogP contribution in [-0.4, -0.2) is 45.4 Å². The molecule has 1 aliphatic carbocycles. The van der Waals surface area contributed by atoms with Crippen molar-refractivity contribution >= 4 is 23.0 Å². The summed E-state index contributed by atoms with van der Waals surface area (Å²) in [5, 5.41) is 23.3. The monoisotopic (exact) mass is 520 g/mol. The van der Waals surface area contributed by atoms with E-state index in [0.717, 1.165) is 21.7 Å².